The Balaban J connectivity index is 2.31. The van der Waals surface area contributed by atoms with Gasteiger partial charge in [-0.25, -0.2) is 4.39 Å². The van der Waals surface area contributed by atoms with E-state index in [0.29, 0.717) is 26.9 Å². The highest BCUT2D eigenvalue weighted by Crippen LogP contribution is 2.46. The van der Waals surface area contributed by atoms with Crippen LogP contribution in [0.1, 0.15) is 24.9 Å². The minimum atomic E-state index is -0.280. The molecule has 3 atom stereocenters. The molecule has 2 N–H and O–H groups in total. The molecule has 0 heterocycles. The van der Waals surface area contributed by atoms with Gasteiger partial charge in [-0.3, -0.25) is 0 Å². The van der Waals surface area contributed by atoms with Crippen LogP contribution >= 0.6 is 27.5 Å². The van der Waals surface area contributed by atoms with Gasteiger partial charge in [0.15, 0.2) is 0 Å². The maximum atomic E-state index is 13.6. The first kappa shape index (κ1) is 11.4. The lowest BCUT2D eigenvalue weighted by Gasteiger charge is -2.13. The van der Waals surface area contributed by atoms with Gasteiger partial charge in [0, 0.05) is 16.1 Å². The fourth-order valence-electron chi connectivity index (χ4n) is 1.88. The number of hydrogen-bond donors (Lipinski definition) is 1. The zero-order chi connectivity index (χ0) is 11.2. The Labute approximate surface area is 102 Å². The summed E-state index contributed by atoms with van der Waals surface area (Å²) in [4.78, 5) is 0. The average molecular weight is 293 g/mol. The molecule has 3 unspecified atom stereocenters. The quantitative estimate of drug-likeness (QED) is 0.822. The van der Waals surface area contributed by atoms with Crippen LogP contribution < -0.4 is 5.73 Å². The normalized spacial score (nSPS) is 26.5. The van der Waals surface area contributed by atoms with Gasteiger partial charge in [0.2, 0.25) is 0 Å². The van der Waals surface area contributed by atoms with Crippen LogP contribution in [0.5, 0.6) is 0 Å². The van der Waals surface area contributed by atoms with Crippen LogP contribution in [0, 0.1) is 17.7 Å². The summed E-state index contributed by atoms with van der Waals surface area (Å²) in [6, 6.07) is 2.77. The van der Waals surface area contributed by atoms with E-state index in [1.54, 1.807) is 6.07 Å². The molecule has 15 heavy (non-hydrogen) atoms. The zero-order valence-corrected chi connectivity index (χ0v) is 10.6. The minimum Gasteiger partial charge on any atom is -0.324 e. The largest absolute Gasteiger partial charge is 0.324 e. The molecule has 1 saturated carbocycles. The number of halogens is 3. The molecule has 0 aromatic heterocycles. The van der Waals surface area contributed by atoms with Crippen molar-refractivity contribution in [3.63, 3.8) is 0 Å². The Morgan fingerprint density at radius 1 is 1.60 bits per heavy atom. The van der Waals surface area contributed by atoms with Crippen LogP contribution in [0.3, 0.4) is 0 Å². The average Bonchev–Trinajstić information content (AvgIpc) is 2.88. The molecule has 1 aliphatic rings. The molecule has 1 nitrogen and oxygen atoms in total. The highest BCUT2D eigenvalue weighted by atomic mass is 79.9. The van der Waals surface area contributed by atoms with Gasteiger partial charge in [-0.2, -0.15) is 0 Å². The summed E-state index contributed by atoms with van der Waals surface area (Å²) >= 11 is 9.10. The Hall–Kier alpha value is -0.120. The SMILES string of the molecule is CC1CC1C(N)c1cc(Cl)c(Br)cc1F. The molecule has 1 aliphatic carbocycles. The molecular weight excluding hydrogens is 280 g/mol. The molecule has 0 bridgehead atoms. The van der Waals surface area contributed by atoms with E-state index in [2.05, 4.69) is 22.9 Å². The minimum absolute atomic E-state index is 0.231. The molecule has 1 fully saturated rings. The monoisotopic (exact) mass is 291 g/mol. The molecular formula is C11H12BrClFN. The van der Waals surface area contributed by atoms with Crippen LogP contribution in [0.15, 0.2) is 16.6 Å². The van der Waals surface area contributed by atoms with Crippen molar-refractivity contribution >= 4 is 27.5 Å². The van der Waals surface area contributed by atoms with Crippen LogP contribution in [-0.4, -0.2) is 0 Å². The molecule has 1 aromatic rings. The van der Waals surface area contributed by atoms with E-state index in [1.807, 2.05) is 0 Å². The summed E-state index contributed by atoms with van der Waals surface area (Å²) in [7, 11) is 0. The Bertz CT molecular complexity index is 396. The lowest BCUT2D eigenvalue weighted by Crippen LogP contribution is -2.15. The van der Waals surface area contributed by atoms with Crippen molar-refractivity contribution in [3.05, 3.63) is 33.0 Å². The summed E-state index contributed by atoms with van der Waals surface area (Å²) in [6.45, 7) is 2.13. The molecule has 0 saturated heterocycles. The topological polar surface area (TPSA) is 26.0 Å². The third-order valence-electron chi connectivity index (χ3n) is 3.03. The highest BCUT2D eigenvalue weighted by Gasteiger charge is 2.39. The van der Waals surface area contributed by atoms with E-state index in [9.17, 15) is 4.39 Å². The maximum absolute atomic E-state index is 13.6. The Morgan fingerprint density at radius 3 is 2.73 bits per heavy atom. The smallest absolute Gasteiger partial charge is 0.129 e. The third-order valence-corrected chi connectivity index (χ3v) is 4.23. The van der Waals surface area contributed by atoms with E-state index >= 15 is 0 Å². The van der Waals surface area contributed by atoms with Crippen molar-refractivity contribution < 1.29 is 4.39 Å². The Kier molecular flexibility index (Phi) is 3.06. The zero-order valence-electron chi connectivity index (χ0n) is 8.31. The maximum Gasteiger partial charge on any atom is 0.129 e. The molecule has 2 rings (SSSR count). The molecule has 0 amide bonds. The predicted octanol–water partition coefficient (Wildman–Crippen LogP) is 3.90. The fourth-order valence-corrected chi connectivity index (χ4v) is 2.36. The van der Waals surface area contributed by atoms with Crippen LogP contribution in [0.25, 0.3) is 0 Å². The van der Waals surface area contributed by atoms with Gasteiger partial charge in [-0.15, -0.1) is 0 Å². The van der Waals surface area contributed by atoms with Crippen molar-refractivity contribution in [2.75, 3.05) is 0 Å². The van der Waals surface area contributed by atoms with Gasteiger partial charge in [-0.05, 0) is 46.3 Å². The van der Waals surface area contributed by atoms with Crippen molar-refractivity contribution in [3.8, 4) is 0 Å². The lowest BCUT2D eigenvalue weighted by molar-refractivity contribution is 0.537. The standard InChI is InChI=1S/C11H12BrClFN/c1-5-2-6(5)11(15)7-3-9(13)8(12)4-10(7)14/h3-6,11H,2,15H2,1H3. The van der Waals surface area contributed by atoms with E-state index in [1.165, 1.54) is 6.07 Å². The van der Waals surface area contributed by atoms with Gasteiger partial charge in [0.05, 0.1) is 5.02 Å². The molecule has 82 valence electrons. The molecule has 0 aliphatic heterocycles. The lowest BCUT2D eigenvalue weighted by atomic mass is 10.0. The fraction of sp³-hybridized carbons (Fsp3) is 0.455. The van der Waals surface area contributed by atoms with Crippen molar-refractivity contribution in [2.45, 2.75) is 19.4 Å². The number of hydrogen-bond acceptors (Lipinski definition) is 1. The van der Waals surface area contributed by atoms with Gasteiger partial charge < -0.3 is 5.73 Å². The second-order valence-electron chi connectivity index (χ2n) is 4.19. The summed E-state index contributed by atoms with van der Waals surface area (Å²) < 4.78 is 14.2. The number of nitrogens with two attached hydrogens (primary N) is 1. The summed E-state index contributed by atoms with van der Waals surface area (Å²) in [5, 5.41) is 0.509. The first-order chi connectivity index (χ1) is 7.00. The molecule has 1 aromatic carbocycles. The highest BCUT2D eigenvalue weighted by molar-refractivity contribution is 9.10. The second-order valence-corrected chi connectivity index (χ2v) is 5.45. The summed E-state index contributed by atoms with van der Waals surface area (Å²) in [5.74, 6) is 0.719. The van der Waals surface area contributed by atoms with E-state index in [4.69, 9.17) is 17.3 Å². The Morgan fingerprint density at radius 2 is 2.20 bits per heavy atom. The van der Waals surface area contributed by atoms with Gasteiger partial charge in [-0.1, -0.05) is 18.5 Å². The molecule has 0 spiro atoms. The van der Waals surface area contributed by atoms with Crippen molar-refractivity contribution in [1.82, 2.24) is 0 Å². The van der Waals surface area contributed by atoms with Crippen LogP contribution in [0.2, 0.25) is 5.02 Å². The van der Waals surface area contributed by atoms with E-state index < -0.39 is 0 Å². The first-order valence-electron chi connectivity index (χ1n) is 4.90. The summed E-state index contributed by atoms with van der Waals surface area (Å²) in [6.07, 6.45) is 1.08. The van der Waals surface area contributed by atoms with Gasteiger partial charge in [0.1, 0.15) is 5.82 Å². The third kappa shape index (κ3) is 2.19. The van der Waals surface area contributed by atoms with Crippen molar-refractivity contribution in [2.24, 2.45) is 17.6 Å². The number of benzene rings is 1. The number of rotatable bonds is 2. The van der Waals surface area contributed by atoms with Gasteiger partial charge >= 0.3 is 0 Å². The first-order valence-corrected chi connectivity index (χ1v) is 6.08. The summed E-state index contributed by atoms with van der Waals surface area (Å²) in [5.41, 5.74) is 6.52. The van der Waals surface area contributed by atoms with E-state index in [-0.39, 0.29) is 11.9 Å². The van der Waals surface area contributed by atoms with Gasteiger partial charge in [0.25, 0.3) is 0 Å². The predicted molar refractivity (Wildman–Crippen MR) is 63.3 cm³/mol. The van der Waals surface area contributed by atoms with Crippen molar-refractivity contribution in [1.29, 1.82) is 0 Å². The van der Waals surface area contributed by atoms with Crippen LogP contribution in [0.4, 0.5) is 4.39 Å². The molecule has 4 heteroatoms. The van der Waals surface area contributed by atoms with Crippen LogP contribution in [-0.2, 0) is 0 Å². The second kappa shape index (κ2) is 4.04. The molecule has 0 radical (unpaired) electrons. The van der Waals surface area contributed by atoms with E-state index in [0.717, 1.165) is 6.42 Å².